The molecule has 3 nitrogen and oxygen atoms in total. The molecule has 4 heteroatoms. The minimum absolute atomic E-state index is 0.0164. The highest BCUT2D eigenvalue weighted by Gasteiger charge is 2.23. The smallest absolute Gasteiger partial charge is 0.0750 e. The maximum atomic E-state index is 6.08. The van der Waals surface area contributed by atoms with E-state index in [4.69, 9.17) is 10.6 Å². The van der Waals surface area contributed by atoms with Crippen LogP contribution in [0, 0.1) is 0 Å². The summed E-state index contributed by atoms with van der Waals surface area (Å²) in [4.78, 5) is 5.44. The predicted octanol–water partition coefficient (Wildman–Crippen LogP) is 3.11. The van der Waals surface area contributed by atoms with Gasteiger partial charge in [-0.2, -0.15) is 5.06 Å². The van der Waals surface area contributed by atoms with Crippen LogP contribution in [-0.4, -0.2) is 24.8 Å². The lowest BCUT2D eigenvalue weighted by molar-refractivity contribution is -0.167. The Kier molecular flexibility index (Phi) is 6.12. The fraction of sp³-hybridized carbons (Fsp3) is 0.538. The van der Waals surface area contributed by atoms with E-state index >= 15 is 0 Å². The number of nitrogens with zero attached hydrogens (tertiary/aromatic N) is 1. The summed E-state index contributed by atoms with van der Waals surface area (Å²) in [7, 11) is 1.70. The Morgan fingerprint density at radius 1 is 1.35 bits per heavy atom. The number of hydrogen-bond donors (Lipinski definition) is 1. The molecule has 2 N–H and O–H groups in total. The quantitative estimate of drug-likeness (QED) is 0.821. The molecule has 17 heavy (non-hydrogen) atoms. The molecule has 0 radical (unpaired) electrons. The molecule has 0 aliphatic heterocycles. The van der Waals surface area contributed by atoms with E-state index in [2.05, 4.69) is 35.0 Å². The number of hydroxylamine groups is 2. The summed E-state index contributed by atoms with van der Waals surface area (Å²) in [5, 5.41) is 1.95. The van der Waals surface area contributed by atoms with Crippen molar-refractivity contribution in [2.75, 3.05) is 13.7 Å². The van der Waals surface area contributed by atoms with Gasteiger partial charge in [0.15, 0.2) is 0 Å². The molecule has 0 saturated heterocycles. The molecule has 96 valence electrons. The zero-order chi connectivity index (χ0) is 12.8. The monoisotopic (exact) mass is 300 g/mol. The summed E-state index contributed by atoms with van der Waals surface area (Å²) >= 11 is 3.44. The molecule has 0 aliphatic rings. The van der Waals surface area contributed by atoms with Crippen molar-refractivity contribution >= 4 is 15.9 Å². The second-order valence-corrected chi connectivity index (χ2v) is 5.09. The largest absolute Gasteiger partial charge is 0.326 e. The van der Waals surface area contributed by atoms with Crippen LogP contribution < -0.4 is 5.73 Å². The zero-order valence-corrected chi connectivity index (χ0v) is 12.3. The van der Waals surface area contributed by atoms with Gasteiger partial charge in [0.1, 0.15) is 0 Å². The SMILES string of the molecule is CCCN(OC)C(c1ccc(Br)cc1)C(C)N. The minimum atomic E-state index is 0.0164. The van der Waals surface area contributed by atoms with Crippen LogP contribution in [0.2, 0.25) is 0 Å². The van der Waals surface area contributed by atoms with Crippen LogP contribution in [0.15, 0.2) is 28.7 Å². The van der Waals surface area contributed by atoms with Gasteiger partial charge in [0.05, 0.1) is 13.2 Å². The van der Waals surface area contributed by atoms with Gasteiger partial charge in [0.2, 0.25) is 0 Å². The second kappa shape index (κ2) is 7.11. The standard InChI is InChI=1S/C13H21BrN2O/c1-4-9-16(17-3)13(10(2)15)11-5-7-12(14)8-6-11/h5-8,10,13H,4,9,15H2,1-3H3. The second-order valence-electron chi connectivity index (χ2n) is 4.18. The average Bonchev–Trinajstić information content (AvgIpc) is 2.30. The lowest BCUT2D eigenvalue weighted by Gasteiger charge is -2.32. The van der Waals surface area contributed by atoms with Crippen LogP contribution in [0.4, 0.5) is 0 Å². The van der Waals surface area contributed by atoms with Crippen molar-refractivity contribution in [2.24, 2.45) is 5.73 Å². The van der Waals surface area contributed by atoms with Gasteiger partial charge in [0, 0.05) is 17.1 Å². The van der Waals surface area contributed by atoms with E-state index in [1.165, 1.54) is 5.56 Å². The molecule has 0 spiro atoms. The van der Waals surface area contributed by atoms with Crippen molar-refractivity contribution in [1.29, 1.82) is 0 Å². The first-order valence-electron chi connectivity index (χ1n) is 5.92. The number of hydrogen-bond acceptors (Lipinski definition) is 3. The van der Waals surface area contributed by atoms with E-state index in [0.717, 1.165) is 17.4 Å². The fourth-order valence-electron chi connectivity index (χ4n) is 1.96. The van der Waals surface area contributed by atoms with E-state index in [0.29, 0.717) is 0 Å². The normalized spacial score (nSPS) is 14.9. The molecule has 2 unspecified atom stereocenters. The molecule has 2 atom stereocenters. The Morgan fingerprint density at radius 3 is 2.35 bits per heavy atom. The summed E-state index contributed by atoms with van der Waals surface area (Å²) in [6.45, 7) is 5.01. The topological polar surface area (TPSA) is 38.5 Å². The zero-order valence-electron chi connectivity index (χ0n) is 10.7. The minimum Gasteiger partial charge on any atom is -0.326 e. The van der Waals surface area contributed by atoms with Gasteiger partial charge in [-0.3, -0.25) is 0 Å². The summed E-state index contributed by atoms with van der Waals surface area (Å²) in [5.74, 6) is 0. The summed E-state index contributed by atoms with van der Waals surface area (Å²) in [5.41, 5.74) is 7.26. The van der Waals surface area contributed by atoms with Gasteiger partial charge in [-0.05, 0) is 31.0 Å². The molecule has 0 aliphatic carbocycles. The third-order valence-corrected chi connectivity index (χ3v) is 3.23. The third-order valence-electron chi connectivity index (χ3n) is 2.70. The molecule has 0 aromatic heterocycles. The van der Waals surface area contributed by atoms with Crippen LogP contribution in [0.1, 0.15) is 31.9 Å². The molecule has 1 rings (SSSR count). The Morgan fingerprint density at radius 2 is 1.94 bits per heavy atom. The highest BCUT2D eigenvalue weighted by atomic mass is 79.9. The number of benzene rings is 1. The third kappa shape index (κ3) is 4.07. The van der Waals surface area contributed by atoms with E-state index < -0.39 is 0 Å². The number of nitrogens with two attached hydrogens (primary N) is 1. The molecule has 1 aromatic rings. The van der Waals surface area contributed by atoms with Crippen LogP contribution in [0.3, 0.4) is 0 Å². The van der Waals surface area contributed by atoms with Crippen molar-refractivity contribution in [3.05, 3.63) is 34.3 Å². The van der Waals surface area contributed by atoms with E-state index in [9.17, 15) is 0 Å². The van der Waals surface area contributed by atoms with Gasteiger partial charge in [0.25, 0.3) is 0 Å². The first-order chi connectivity index (χ1) is 8.10. The lowest BCUT2D eigenvalue weighted by Crippen LogP contribution is -2.39. The molecule has 0 heterocycles. The fourth-order valence-corrected chi connectivity index (χ4v) is 2.22. The highest BCUT2D eigenvalue weighted by Crippen LogP contribution is 2.25. The first kappa shape index (κ1) is 14.6. The summed E-state index contributed by atoms with van der Waals surface area (Å²) in [6.07, 6.45) is 1.04. The van der Waals surface area contributed by atoms with Crippen LogP contribution in [0.5, 0.6) is 0 Å². The lowest BCUT2D eigenvalue weighted by atomic mass is 10.0. The molecule has 0 amide bonds. The van der Waals surface area contributed by atoms with Crippen molar-refractivity contribution in [2.45, 2.75) is 32.4 Å². The predicted molar refractivity (Wildman–Crippen MR) is 74.5 cm³/mol. The number of rotatable bonds is 6. The maximum Gasteiger partial charge on any atom is 0.0750 e. The average molecular weight is 301 g/mol. The van der Waals surface area contributed by atoms with Gasteiger partial charge in [-0.1, -0.05) is 35.0 Å². The number of halogens is 1. The van der Waals surface area contributed by atoms with Crippen molar-refractivity contribution in [1.82, 2.24) is 5.06 Å². The van der Waals surface area contributed by atoms with Gasteiger partial charge < -0.3 is 10.6 Å². The summed E-state index contributed by atoms with van der Waals surface area (Å²) in [6, 6.07) is 8.34. The van der Waals surface area contributed by atoms with Gasteiger partial charge >= 0.3 is 0 Å². The molecular weight excluding hydrogens is 280 g/mol. The Bertz CT molecular complexity index is 327. The van der Waals surface area contributed by atoms with Crippen LogP contribution >= 0.6 is 15.9 Å². The molecule has 0 fully saturated rings. The molecule has 0 bridgehead atoms. The first-order valence-corrected chi connectivity index (χ1v) is 6.71. The van der Waals surface area contributed by atoms with E-state index in [-0.39, 0.29) is 12.1 Å². The molecular formula is C13H21BrN2O. The van der Waals surface area contributed by atoms with Gasteiger partial charge in [-0.15, -0.1) is 0 Å². The van der Waals surface area contributed by atoms with E-state index in [1.54, 1.807) is 7.11 Å². The van der Waals surface area contributed by atoms with E-state index in [1.807, 2.05) is 24.1 Å². The Labute approximate surface area is 112 Å². The molecule has 0 saturated carbocycles. The van der Waals surface area contributed by atoms with Crippen molar-refractivity contribution in [3.8, 4) is 0 Å². The maximum absolute atomic E-state index is 6.08. The Balaban J connectivity index is 2.95. The van der Waals surface area contributed by atoms with Crippen molar-refractivity contribution < 1.29 is 4.84 Å². The van der Waals surface area contributed by atoms with Crippen LogP contribution in [0.25, 0.3) is 0 Å². The van der Waals surface area contributed by atoms with Crippen molar-refractivity contribution in [3.63, 3.8) is 0 Å². The van der Waals surface area contributed by atoms with Crippen LogP contribution in [-0.2, 0) is 4.84 Å². The molecule has 1 aromatic carbocycles. The van der Waals surface area contributed by atoms with Gasteiger partial charge in [-0.25, -0.2) is 0 Å². The highest BCUT2D eigenvalue weighted by molar-refractivity contribution is 9.10. The Hall–Kier alpha value is -0.420. The summed E-state index contributed by atoms with van der Waals surface area (Å²) < 4.78 is 1.07.